The van der Waals surface area contributed by atoms with Crippen LogP contribution in [0.5, 0.6) is 0 Å². The van der Waals surface area contributed by atoms with Crippen LogP contribution in [0.15, 0.2) is 24.4 Å². The fourth-order valence-electron chi connectivity index (χ4n) is 2.04. The summed E-state index contributed by atoms with van der Waals surface area (Å²) >= 11 is 0. The highest BCUT2D eigenvalue weighted by molar-refractivity contribution is 5.79. The van der Waals surface area contributed by atoms with Gasteiger partial charge >= 0.3 is 0 Å². The number of nitrogens with zero attached hydrogens (tertiary/aromatic N) is 5. The van der Waals surface area contributed by atoms with Gasteiger partial charge in [0.2, 0.25) is 0 Å². The summed E-state index contributed by atoms with van der Waals surface area (Å²) in [6.45, 7) is 1.10. The van der Waals surface area contributed by atoms with Gasteiger partial charge in [0, 0.05) is 19.7 Å². The van der Waals surface area contributed by atoms with Gasteiger partial charge in [-0.1, -0.05) is 5.21 Å². The summed E-state index contributed by atoms with van der Waals surface area (Å²) in [7, 11) is 1.87. The van der Waals surface area contributed by atoms with E-state index in [9.17, 15) is 4.39 Å². The van der Waals surface area contributed by atoms with Gasteiger partial charge in [0.05, 0.1) is 23.8 Å². The molecule has 0 radical (unpaired) electrons. The average molecular weight is 260 g/mol. The molecule has 0 aliphatic rings. The molecule has 19 heavy (non-hydrogen) atoms. The van der Waals surface area contributed by atoms with E-state index >= 15 is 0 Å². The van der Waals surface area contributed by atoms with E-state index in [2.05, 4.69) is 15.3 Å². The second-order valence-electron chi connectivity index (χ2n) is 4.28. The van der Waals surface area contributed by atoms with Crippen LogP contribution in [-0.4, -0.2) is 31.1 Å². The van der Waals surface area contributed by atoms with Crippen LogP contribution in [0.1, 0.15) is 0 Å². The molecular formula is C12H13FN6. The molecule has 0 fully saturated rings. The topological polar surface area (TPSA) is 74.5 Å². The molecule has 7 heteroatoms. The third-order valence-corrected chi connectivity index (χ3v) is 2.97. The number of imidazole rings is 1. The third-order valence-electron chi connectivity index (χ3n) is 2.97. The molecule has 2 aromatic heterocycles. The third kappa shape index (κ3) is 1.97. The smallest absolute Gasteiger partial charge is 0.163 e. The maximum atomic E-state index is 13.2. The van der Waals surface area contributed by atoms with E-state index in [0.29, 0.717) is 30.1 Å². The molecule has 3 aromatic rings. The summed E-state index contributed by atoms with van der Waals surface area (Å²) in [6.07, 6.45) is 1.78. The van der Waals surface area contributed by atoms with Crippen molar-refractivity contribution < 1.29 is 4.39 Å². The number of nitrogens with two attached hydrogens (primary N) is 1. The zero-order valence-electron chi connectivity index (χ0n) is 10.4. The van der Waals surface area contributed by atoms with Gasteiger partial charge in [0.25, 0.3) is 0 Å². The van der Waals surface area contributed by atoms with Gasteiger partial charge in [-0.15, -0.1) is 5.10 Å². The first-order chi connectivity index (χ1) is 9.19. The van der Waals surface area contributed by atoms with Crippen molar-refractivity contribution in [2.45, 2.75) is 6.54 Å². The van der Waals surface area contributed by atoms with Crippen molar-refractivity contribution in [3.63, 3.8) is 0 Å². The molecule has 0 saturated carbocycles. The van der Waals surface area contributed by atoms with Crippen LogP contribution in [0.4, 0.5) is 4.39 Å². The molecular weight excluding hydrogens is 247 g/mol. The minimum absolute atomic E-state index is 0.302. The van der Waals surface area contributed by atoms with Gasteiger partial charge in [-0.3, -0.25) is 4.68 Å². The largest absolute Gasteiger partial charge is 0.329 e. The molecule has 0 atom stereocenters. The van der Waals surface area contributed by atoms with Crippen molar-refractivity contribution in [1.82, 2.24) is 24.5 Å². The fourth-order valence-corrected chi connectivity index (χ4v) is 2.04. The molecule has 0 unspecified atom stereocenters. The molecule has 0 aliphatic heterocycles. The number of hydrogen-bond donors (Lipinski definition) is 1. The van der Waals surface area contributed by atoms with E-state index in [1.54, 1.807) is 16.9 Å². The van der Waals surface area contributed by atoms with E-state index in [1.165, 1.54) is 12.1 Å². The molecule has 0 saturated heterocycles. The Morgan fingerprint density at radius 2 is 2.21 bits per heavy atom. The lowest BCUT2D eigenvalue weighted by molar-refractivity contribution is 0.598. The second-order valence-corrected chi connectivity index (χ2v) is 4.28. The maximum absolute atomic E-state index is 13.2. The Morgan fingerprint density at radius 1 is 1.37 bits per heavy atom. The zero-order chi connectivity index (χ0) is 13.4. The van der Waals surface area contributed by atoms with Crippen molar-refractivity contribution in [2.75, 3.05) is 6.54 Å². The van der Waals surface area contributed by atoms with Crippen LogP contribution in [0.2, 0.25) is 0 Å². The number of halogens is 1. The van der Waals surface area contributed by atoms with E-state index < -0.39 is 0 Å². The lowest BCUT2D eigenvalue weighted by Crippen LogP contribution is -2.10. The molecule has 1 aromatic carbocycles. The van der Waals surface area contributed by atoms with Gasteiger partial charge < -0.3 is 10.3 Å². The van der Waals surface area contributed by atoms with Gasteiger partial charge in [-0.25, -0.2) is 9.37 Å². The van der Waals surface area contributed by atoms with E-state index in [0.717, 1.165) is 5.52 Å². The van der Waals surface area contributed by atoms with E-state index in [-0.39, 0.29) is 5.82 Å². The molecule has 3 rings (SSSR count). The molecule has 0 spiro atoms. The Labute approximate surface area is 108 Å². The minimum atomic E-state index is -0.302. The zero-order valence-corrected chi connectivity index (χ0v) is 10.4. The Hall–Kier alpha value is -2.28. The Kier molecular flexibility index (Phi) is 2.75. The fraction of sp³-hybridized carbons (Fsp3) is 0.250. The molecule has 0 aliphatic carbocycles. The number of aromatic nitrogens is 5. The highest BCUT2D eigenvalue weighted by Crippen LogP contribution is 2.22. The lowest BCUT2D eigenvalue weighted by atomic mass is 10.3. The monoisotopic (exact) mass is 260 g/mol. The summed E-state index contributed by atoms with van der Waals surface area (Å²) < 4.78 is 16.7. The summed E-state index contributed by atoms with van der Waals surface area (Å²) in [5, 5.41) is 8.03. The molecule has 2 heterocycles. The Morgan fingerprint density at radius 3 is 3.00 bits per heavy atom. The molecule has 6 nitrogen and oxygen atoms in total. The summed E-state index contributed by atoms with van der Waals surface area (Å²) in [4.78, 5) is 4.39. The van der Waals surface area contributed by atoms with Gasteiger partial charge in [0.15, 0.2) is 5.82 Å². The number of benzene rings is 1. The average Bonchev–Trinajstić information content (AvgIpc) is 2.95. The predicted molar refractivity (Wildman–Crippen MR) is 68.7 cm³/mol. The summed E-state index contributed by atoms with van der Waals surface area (Å²) in [5.74, 6) is 0.354. The van der Waals surface area contributed by atoms with Crippen LogP contribution in [0, 0.1) is 5.82 Å². The summed E-state index contributed by atoms with van der Waals surface area (Å²) in [5.41, 5.74) is 7.57. The van der Waals surface area contributed by atoms with Gasteiger partial charge in [-0.05, 0) is 12.1 Å². The van der Waals surface area contributed by atoms with Gasteiger partial charge in [-0.2, -0.15) is 0 Å². The van der Waals surface area contributed by atoms with Crippen molar-refractivity contribution in [2.24, 2.45) is 12.8 Å². The highest BCUT2D eigenvalue weighted by Gasteiger charge is 2.13. The van der Waals surface area contributed by atoms with Crippen LogP contribution in [0.3, 0.4) is 0 Å². The molecule has 0 amide bonds. The van der Waals surface area contributed by atoms with E-state index in [1.807, 2.05) is 11.6 Å². The first-order valence-electron chi connectivity index (χ1n) is 5.91. The molecule has 0 bridgehead atoms. The molecule has 98 valence electrons. The highest BCUT2D eigenvalue weighted by atomic mass is 19.1. The van der Waals surface area contributed by atoms with Crippen molar-refractivity contribution >= 4 is 11.0 Å². The van der Waals surface area contributed by atoms with Gasteiger partial charge in [0.1, 0.15) is 11.5 Å². The van der Waals surface area contributed by atoms with Crippen LogP contribution in [-0.2, 0) is 13.6 Å². The number of hydrogen-bond acceptors (Lipinski definition) is 4. The SMILES string of the molecule is Cn1c(-c2cn(CCN)nn2)nc2cc(F)ccc21. The van der Waals surface area contributed by atoms with Crippen LogP contribution >= 0.6 is 0 Å². The first kappa shape index (κ1) is 11.8. The van der Waals surface area contributed by atoms with Crippen molar-refractivity contribution in [3.8, 4) is 11.5 Å². The second kappa shape index (κ2) is 4.43. The van der Waals surface area contributed by atoms with E-state index in [4.69, 9.17) is 5.73 Å². The first-order valence-corrected chi connectivity index (χ1v) is 5.91. The summed E-state index contributed by atoms with van der Waals surface area (Å²) in [6, 6.07) is 4.52. The van der Waals surface area contributed by atoms with Crippen LogP contribution in [0.25, 0.3) is 22.6 Å². The number of fused-ring (bicyclic) bond motifs is 1. The quantitative estimate of drug-likeness (QED) is 0.760. The van der Waals surface area contributed by atoms with Crippen molar-refractivity contribution in [3.05, 3.63) is 30.2 Å². The standard InChI is InChI=1S/C12H13FN6/c1-18-11-3-2-8(13)6-9(11)15-12(18)10-7-19(5-4-14)17-16-10/h2-3,6-7H,4-5,14H2,1H3. The van der Waals surface area contributed by atoms with Crippen LogP contribution < -0.4 is 5.73 Å². The normalized spacial score (nSPS) is 11.3. The number of aryl methyl sites for hydroxylation is 1. The Balaban J connectivity index is 2.10. The molecule has 2 N–H and O–H groups in total. The Bertz CT molecular complexity index is 729. The maximum Gasteiger partial charge on any atom is 0.163 e. The predicted octanol–water partition coefficient (Wildman–Crippen LogP) is 0.930. The lowest BCUT2D eigenvalue weighted by Gasteiger charge is -1.97. The number of rotatable bonds is 3. The minimum Gasteiger partial charge on any atom is -0.329 e. The van der Waals surface area contributed by atoms with Crippen molar-refractivity contribution in [1.29, 1.82) is 0 Å².